The first-order valence-corrected chi connectivity index (χ1v) is 4.77. The smallest absolute Gasteiger partial charge is 0.0645 e. The van der Waals surface area contributed by atoms with Crippen LogP contribution in [0.15, 0.2) is 0 Å². The van der Waals surface area contributed by atoms with Gasteiger partial charge in [0.15, 0.2) is 0 Å². The van der Waals surface area contributed by atoms with Gasteiger partial charge in [0, 0.05) is 5.54 Å². The predicted molar refractivity (Wildman–Crippen MR) is 51.3 cm³/mol. The molecule has 0 saturated carbocycles. The highest BCUT2D eigenvalue weighted by Crippen LogP contribution is 2.26. The molecule has 1 fully saturated rings. The van der Waals surface area contributed by atoms with Gasteiger partial charge < -0.3 is 4.74 Å². The van der Waals surface area contributed by atoms with Crippen LogP contribution in [0.2, 0.25) is 0 Å². The first-order chi connectivity index (χ1) is 5.46. The molecule has 1 rings (SSSR count). The summed E-state index contributed by atoms with van der Waals surface area (Å²) in [5.41, 5.74) is 0.286. The van der Waals surface area contributed by atoms with Crippen LogP contribution in [0.25, 0.3) is 0 Å². The lowest BCUT2D eigenvalue weighted by Gasteiger charge is -2.46. The molecular formula is C10H21NO. The van der Waals surface area contributed by atoms with E-state index in [4.69, 9.17) is 4.74 Å². The lowest BCUT2D eigenvalue weighted by Crippen LogP contribution is -2.57. The second kappa shape index (κ2) is 3.35. The molecule has 72 valence electrons. The van der Waals surface area contributed by atoms with Crippen molar-refractivity contribution >= 4 is 0 Å². The third-order valence-corrected chi connectivity index (χ3v) is 3.49. The number of hydrogen-bond donors (Lipinski definition) is 0. The summed E-state index contributed by atoms with van der Waals surface area (Å²) < 4.78 is 5.19. The molecule has 1 heterocycles. The highest BCUT2D eigenvalue weighted by atomic mass is 16.5. The molecule has 0 radical (unpaired) electrons. The van der Waals surface area contributed by atoms with E-state index >= 15 is 0 Å². The van der Waals surface area contributed by atoms with Gasteiger partial charge in [-0.1, -0.05) is 13.8 Å². The average Bonchev–Trinajstić information content (AvgIpc) is 1.83. The van der Waals surface area contributed by atoms with Crippen LogP contribution in [0.3, 0.4) is 0 Å². The van der Waals surface area contributed by atoms with Gasteiger partial charge >= 0.3 is 0 Å². The summed E-state index contributed by atoms with van der Waals surface area (Å²) in [5.74, 6) is 0.683. The number of likely N-dealkylation sites (N-methyl/N-ethyl adjacent to an activating group) is 1. The van der Waals surface area contributed by atoms with Crippen molar-refractivity contribution in [2.75, 3.05) is 20.3 Å². The monoisotopic (exact) mass is 171 g/mol. The average molecular weight is 171 g/mol. The van der Waals surface area contributed by atoms with E-state index in [-0.39, 0.29) is 5.54 Å². The van der Waals surface area contributed by atoms with E-state index in [2.05, 4.69) is 39.6 Å². The van der Waals surface area contributed by atoms with Gasteiger partial charge in [-0.3, -0.25) is 4.90 Å². The van der Waals surface area contributed by atoms with Gasteiger partial charge in [0.1, 0.15) is 0 Å². The van der Waals surface area contributed by atoms with Crippen molar-refractivity contribution in [1.29, 1.82) is 0 Å². The zero-order chi connectivity index (χ0) is 9.35. The summed E-state index contributed by atoms with van der Waals surface area (Å²) in [4.78, 5) is 2.45. The Morgan fingerprint density at radius 1 is 1.33 bits per heavy atom. The predicted octanol–water partition coefficient (Wildman–Crippen LogP) is 1.75. The number of rotatable bonds is 3. The van der Waals surface area contributed by atoms with Gasteiger partial charge in [-0.15, -0.1) is 0 Å². The molecular weight excluding hydrogens is 150 g/mol. The summed E-state index contributed by atoms with van der Waals surface area (Å²) >= 11 is 0. The van der Waals surface area contributed by atoms with Crippen molar-refractivity contribution in [3.63, 3.8) is 0 Å². The van der Waals surface area contributed by atoms with Gasteiger partial charge in [0.05, 0.1) is 19.3 Å². The van der Waals surface area contributed by atoms with Gasteiger partial charge in [-0.25, -0.2) is 0 Å². The molecule has 0 bridgehead atoms. The molecule has 0 aliphatic carbocycles. The van der Waals surface area contributed by atoms with Crippen LogP contribution in [0.5, 0.6) is 0 Å². The molecule has 12 heavy (non-hydrogen) atoms. The maximum Gasteiger partial charge on any atom is 0.0645 e. The lowest BCUT2D eigenvalue weighted by atomic mass is 9.87. The maximum atomic E-state index is 5.19. The van der Waals surface area contributed by atoms with E-state index in [0.717, 1.165) is 13.2 Å². The second-order valence-electron chi connectivity index (χ2n) is 4.61. The minimum Gasteiger partial charge on any atom is -0.378 e. The summed E-state index contributed by atoms with van der Waals surface area (Å²) in [5, 5.41) is 0. The summed E-state index contributed by atoms with van der Waals surface area (Å²) in [6, 6.07) is 0.641. The fourth-order valence-electron chi connectivity index (χ4n) is 1.32. The second-order valence-corrected chi connectivity index (χ2v) is 4.61. The molecule has 1 aliphatic rings. The van der Waals surface area contributed by atoms with Crippen molar-refractivity contribution < 1.29 is 4.74 Å². The van der Waals surface area contributed by atoms with Crippen LogP contribution >= 0.6 is 0 Å². The van der Waals surface area contributed by atoms with Gasteiger partial charge in [0.25, 0.3) is 0 Å². The van der Waals surface area contributed by atoms with Crippen LogP contribution in [-0.2, 0) is 4.74 Å². The Morgan fingerprint density at radius 2 is 1.83 bits per heavy atom. The Balaban J connectivity index is 2.53. The molecule has 1 aliphatic heterocycles. The number of ether oxygens (including phenoxy) is 1. The standard InChI is InChI=1S/C10H21NO/c1-8(2)10(3,4)11(5)9-6-12-7-9/h8-9H,6-7H2,1-5H3. The molecule has 0 aromatic carbocycles. The SMILES string of the molecule is CC(C)C(C)(C)N(C)C1COC1. The number of nitrogens with zero attached hydrogens (tertiary/aromatic N) is 1. The first-order valence-electron chi connectivity index (χ1n) is 4.77. The highest BCUT2D eigenvalue weighted by Gasteiger charge is 2.35. The molecule has 0 aromatic rings. The lowest BCUT2D eigenvalue weighted by molar-refractivity contribution is -0.0948. The molecule has 0 spiro atoms. The fraction of sp³-hybridized carbons (Fsp3) is 1.00. The van der Waals surface area contributed by atoms with Crippen molar-refractivity contribution in [2.45, 2.75) is 39.3 Å². The zero-order valence-corrected chi connectivity index (χ0v) is 8.92. The van der Waals surface area contributed by atoms with Crippen molar-refractivity contribution in [2.24, 2.45) is 5.92 Å². The van der Waals surface area contributed by atoms with Gasteiger partial charge in [0.2, 0.25) is 0 Å². The number of hydrogen-bond acceptors (Lipinski definition) is 2. The summed E-state index contributed by atoms with van der Waals surface area (Å²) in [7, 11) is 2.20. The first kappa shape index (κ1) is 10.0. The van der Waals surface area contributed by atoms with Crippen LogP contribution in [0.4, 0.5) is 0 Å². The van der Waals surface area contributed by atoms with Crippen molar-refractivity contribution in [3.05, 3.63) is 0 Å². The molecule has 0 amide bonds. The van der Waals surface area contributed by atoms with Crippen molar-refractivity contribution in [1.82, 2.24) is 4.90 Å². The third-order valence-electron chi connectivity index (χ3n) is 3.49. The molecule has 0 aromatic heterocycles. The Morgan fingerprint density at radius 3 is 2.08 bits per heavy atom. The summed E-state index contributed by atoms with van der Waals surface area (Å²) in [6.07, 6.45) is 0. The van der Waals surface area contributed by atoms with E-state index in [0.29, 0.717) is 12.0 Å². The Hall–Kier alpha value is -0.0800. The normalized spacial score (nSPS) is 20.2. The van der Waals surface area contributed by atoms with Gasteiger partial charge in [-0.05, 0) is 26.8 Å². The molecule has 0 unspecified atom stereocenters. The van der Waals surface area contributed by atoms with Crippen LogP contribution in [0, 0.1) is 5.92 Å². The van der Waals surface area contributed by atoms with E-state index in [1.54, 1.807) is 0 Å². The molecule has 1 saturated heterocycles. The van der Waals surface area contributed by atoms with Crippen molar-refractivity contribution in [3.8, 4) is 0 Å². The van der Waals surface area contributed by atoms with Crippen LogP contribution in [0.1, 0.15) is 27.7 Å². The van der Waals surface area contributed by atoms with Gasteiger partial charge in [-0.2, -0.15) is 0 Å². The summed E-state index contributed by atoms with van der Waals surface area (Å²) in [6.45, 7) is 11.0. The Kier molecular flexibility index (Phi) is 2.79. The largest absolute Gasteiger partial charge is 0.378 e. The minimum atomic E-state index is 0.286. The highest BCUT2D eigenvalue weighted by molar-refractivity contribution is 4.89. The van der Waals surface area contributed by atoms with E-state index in [1.807, 2.05) is 0 Å². The Bertz CT molecular complexity index is 150. The fourth-order valence-corrected chi connectivity index (χ4v) is 1.32. The topological polar surface area (TPSA) is 12.5 Å². The molecule has 2 heteroatoms. The molecule has 2 nitrogen and oxygen atoms in total. The zero-order valence-electron chi connectivity index (χ0n) is 8.92. The van der Waals surface area contributed by atoms with Crippen LogP contribution < -0.4 is 0 Å². The Labute approximate surface area is 75.9 Å². The van der Waals surface area contributed by atoms with E-state index < -0.39 is 0 Å². The molecule has 0 N–H and O–H groups in total. The quantitative estimate of drug-likeness (QED) is 0.641. The van der Waals surface area contributed by atoms with E-state index in [1.165, 1.54) is 0 Å². The maximum absolute atomic E-state index is 5.19. The van der Waals surface area contributed by atoms with E-state index in [9.17, 15) is 0 Å². The molecule has 0 atom stereocenters. The third kappa shape index (κ3) is 1.64. The van der Waals surface area contributed by atoms with Crippen LogP contribution in [-0.4, -0.2) is 36.7 Å². The minimum absolute atomic E-state index is 0.286.